The highest BCUT2D eigenvalue weighted by Crippen LogP contribution is 2.17. The van der Waals surface area contributed by atoms with E-state index in [2.05, 4.69) is 0 Å². The smallest absolute Gasteiger partial charge is 0.218 e. The van der Waals surface area contributed by atoms with Crippen LogP contribution in [0.4, 0.5) is 0 Å². The molecule has 1 saturated heterocycles. The van der Waals surface area contributed by atoms with Crippen molar-refractivity contribution in [1.82, 2.24) is 4.31 Å². The fraction of sp³-hybridized carbons (Fsp3) is 0.500. The zero-order valence-electron chi connectivity index (χ0n) is 9.80. The monoisotopic (exact) mass is 254 g/mol. The van der Waals surface area contributed by atoms with Crippen molar-refractivity contribution >= 4 is 10.0 Å². The SMILES string of the molecule is NCc1ccc(CS(=O)(=O)N2CCCC2)cc1. The Bertz CT molecular complexity index is 462. The van der Waals surface area contributed by atoms with Crippen molar-refractivity contribution in [3.63, 3.8) is 0 Å². The molecular weight excluding hydrogens is 236 g/mol. The van der Waals surface area contributed by atoms with Crippen LogP contribution in [-0.2, 0) is 22.3 Å². The number of sulfonamides is 1. The molecule has 0 unspecified atom stereocenters. The van der Waals surface area contributed by atoms with Crippen LogP contribution in [0.15, 0.2) is 24.3 Å². The predicted molar refractivity (Wildman–Crippen MR) is 67.8 cm³/mol. The first-order valence-corrected chi connectivity index (χ1v) is 7.48. The molecule has 1 fully saturated rings. The van der Waals surface area contributed by atoms with E-state index in [-0.39, 0.29) is 5.75 Å². The van der Waals surface area contributed by atoms with E-state index in [1.165, 1.54) is 0 Å². The van der Waals surface area contributed by atoms with Crippen molar-refractivity contribution in [1.29, 1.82) is 0 Å². The second kappa shape index (κ2) is 5.16. The van der Waals surface area contributed by atoms with E-state index in [4.69, 9.17) is 5.73 Å². The standard InChI is InChI=1S/C12H18N2O2S/c13-9-11-3-5-12(6-4-11)10-17(15,16)14-7-1-2-8-14/h3-6H,1-2,7-10,13H2. The van der Waals surface area contributed by atoms with E-state index in [0.29, 0.717) is 19.6 Å². The average Bonchev–Trinajstić information content (AvgIpc) is 2.84. The predicted octanol–water partition coefficient (Wildman–Crippen LogP) is 1.07. The highest BCUT2D eigenvalue weighted by atomic mass is 32.2. The van der Waals surface area contributed by atoms with Crippen LogP contribution < -0.4 is 5.73 Å². The van der Waals surface area contributed by atoms with E-state index < -0.39 is 10.0 Å². The zero-order chi connectivity index (χ0) is 12.3. The van der Waals surface area contributed by atoms with Crippen molar-refractivity contribution in [2.45, 2.75) is 25.1 Å². The van der Waals surface area contributed by atoms with E-state index in [1.807, 2.05) is 24.3 Å². The molecule has 0 saturated carbocycles. The first kappa shape index (κ1) is 12.5. The fourth-order valence-corrected chi connectivity index (χ4v) is 3.65. The molecule has 1 aromatic rings. The molecule has 0 aromatic heterocycles. The van der Waals surface area contributed by atoms with Crippen LogP contribution in [0.5, 0.6) is 0 Å². The molecule has 0 spiro atoms. The van der Waals surface area contributed by atoms with Crippen LogP contribution in [0, 0.1) is 0 Å². The Labute approximate surface area is 102 Å². The number of hydrogen-bond acceptors (Lipinski definition) is 3. The maximum Gasteiger partial charge on any atom is 0.218 e. The highest BCUT2D eigenvalue weighted by Gasteiger charge is 2.25. The largest absolute Gasteiger partial charge is 0.326 e. The van der Waals surface area contributed by atoms with Gasteiger partial charge in [0, 0.05) is 19.6 Å². The highest BCUT2D eigenvalue weighted by molar-refractivity contribution is 7.88. The minimum Gasteiger partial charge on any atom is -0.326 e. The van der Waals surface area contributed by atoms with Gasteiger partial charge in [0.05, 0.1) is 5.75 Å². The molecule has 0 radical (unpaired) electrons. The van der Waals surface area contributed by atoms with E-state index in [0.717, 1.165) is 24.0 Å². The lowest BCUT2D eigenvalue weighted by Gasteiger charge is -2.15. The fourth-order valence-electron chi connectivity index (χ4n) is 2.04. The molecule has 1 heterocycles. The molecule has 1 aliphatic rings. The van der Waals surface area contributed by atoms with Gasteiger partial charge in [0.2, 0.25) is 10.0 Å². The summed E-state index contributed by atoms with van der Waals surface area (Å²) in [4.78, 5) is 0. The molecule has 0 bridgehead atoms. The van der Waals surface area contributed by atoms with E-state index in [1.54, 1.807) is 4.31 Å². The second-order valence-corrected chi connectivity index (χ2v) is 6.35. The molecule has 0 atom stereocenters. The molecule has 0 aliphatic carbocycles. The minimum atomic E-state index is -3.13. The Morgan fingerprint density at radius 3 is 2.12 bits per heavy atom. The summed E-state index contributed by atoms with van der Waals surface area (Å²) in [7, 11) is -3.13. The summed E-state index contributed by atoms with van der Waals surface area (Å²) >= 11 is 0. The van der Waals surface area contributed by atoms with Gasteiger partial charge >= 0.3 is 0 Å². The molecule has 1 aliphatic heterocycles. The lowest BCUT2D eigenvalue weighted by atomic mass is 10.1. The molecule has 94 valence electrons. The molecule has 0 amide bonds. The Morgan fingerprint density at radius 2 is 1.59 bits per heavy atom. The van der Waals surface area contributed by atoms with Crippen molar-refractivity contribution in [3.8, 4) is 0 Å². The Morgan fingerprint density at radius 1 is 1.06 bits per heavy atom. The number of hydrogen-bond donors (Lipinski definition) is 1. The van der Waals surface area contributed by atoms with Crippen molar-refractivity contribution < 1.29 is 8.42 Å². The summed E-state index contributed by atoms with van der Waals surface area (Å²) in [6.45, 7) is 1.82. The van der Waals surface area contributed by atoms with Crippen molar-refractivity contribution in [2.24, 2.45) is 5.73 Å². The van der Waals surface area contributed by atoms with Crippen molar-refractivity contribution in [3.05, 3.63) is 35.4 Å². The normalized spacial score (nSPS) is 17.5. The van der Waals surface area contributed by atoms with Crippen LogP contribution >= 0.6 is 0 Å². The quantitative estimate of drug-likeness (QED) is 0.874. The summed E-state index contributed by atoms with van der Waals surface area (Å²) in [5.74, 6) is 0.0951. The van der Waals surface area contributed by atoms with Gasteiger partial charge in [0.1, 0.15) is 0 Å². The van der Waals surface area contributed by atoms with Crippen LogP contribution in [0.25, 0.3) is 0 Å². The molecule has 17 heavy (non-hydrogen) atoms. The maximum atomic E-state index is 12.1. The third kappa shape index (κ3) is 3.06. The summed E-state index contributed by atoms with van der Waals surface area (Å²) in [6, 6.07) is 7.45. The second-order valence-electron chi connectivity index (χ2n) is 4.38. The summed E-state index contributed by atoms with van der Waals surface area (Å²) in [5, 5.41) is 0. The van der Waals surface area contributed by atoms with Gasteiger partial charge in [-0.1, -0.05) is 24.3 Å². The van der Waals surface area contributed by atoms with E-state index in [9.17, 15) is 8.42 Å². The van der Waals surface area contributed by atoms with Gasteiger partial charge in [0.25, 0.3) is 0 Å². The summed E-state index contributed by atoms with van der Waals surface area (Å²) in [5.41, 5.74) is 7.35. The molecular formula is C12H18N2O2S. The molecule has 1 aromatic carbocycles. The molecule has 2 N–H and O–H groups in total. The minimum absolute atomic E-state index is 0.0951. The average molecular weight is 254 g/mol. The number of nitrogens with two attached hydrogens (primary N) is 1. The third-order valence-electron chi connectivity index (χ3n) is 3.07. The van der Waals surface area contributed by atoms with Gasteiger partial charge in [0.15, 0.2) is 0 Å². The lowest BCUT2D eigenvalue weighted by Crippen LogP contribution is -2.29. The number of rotatable bonds is 4. The molecule has 4 nitrogen and oxygen atoms in total. The first-order chi connectivity index (χ1) is 8.12. The van der Waals surface area contributed by atoms with Gasteiger partial charge < -0.3 is 5.73 Å². The summed E-state index contributed by atoms with van der Waals surface area (Å²) in [6.07, 6.45) is 1.96. The van der Waals surface area contributed by atoms with Crippen LogP contribution in [0.1, 0.15) is 24.0 Å². The number of nitrogens with zero attached hydrogens (tertiary/aromatic N) is 1. The van der Waals surface area contributed by atoms with Crippen LogP contribution in [0.3, 0.4) is 0 Å². The van der Waals surface area contributed by atoms with Crippen molar-refractivity contribution in [2.75, 3.05) is 13.1 Å². The Balaban J connectivity index is 2.08. The van der Waals surface area contributed by atoms with Gasteiger partial charge in [-0.3, -0.25) is 0 Å². The Kier molecular flexibility index (Phi) is 3.81. The topological polar surface area (TPSA) is 63.4 Å². The number of benzene rings is 1. The van der Waals surface area contributed by atoms with Crippen LogP contribution in [0.2, 0.25) is 0 Å². The first-order valence-electron chi connectivity index (χ1n) is 5.87. The Hall–Kier alpha value is -0.910. The van der Waals surface area contributed by atoms with Gasteiger partial charge in [-0.05, 0) is 24.0 Å². The maximum absolute atomic E-state index is 12.1. The third-order valence-corrected chi connectivity index (χ3v) is 4.92. The molecule has 5 heteroatoms. The van der Waals surface area contributed by atoms with E-state index >= 15 is 0 Å². The zero-order valence-corrected chi connectivity index (χ0v) is 10.6. The van der Waals surface area contributed by atoms with Gasteiger partial charge in [-0.25, -0.2) is 12.7 Å². The summed E-state index contributed by atoms with van der Waals surface area (Å²) < 4.78 is 25.7. The van der Waals surface area contributed by atoms with Gasteiger partial charge in [-0.15, -0.1) is 0 Å². The lowest BCUT2D eigenvalue weighted by molar-refractivity contribution is 0.476. The molecule has 2 rings (SSSR count). The van der Waals surface area contributed by atoms with Crippen LogP contribution in [-0.4, -0.2) is 25.8 Å². The van der Waals surface area contributed by atoms with Gasteiger partial charge in [-0.2, -0.15) is 0 Å².